The van der Waals surface area contributed by atoms with Crippen molar-refractivity contribution in [2.24, 2.45) is 5.92 Å². The summed E-state index contributed by atoms with van der Waals surface area (Å²) in [5.74, 6) is -0.877. The lowest BCUT2D eigenvalue weighted by Crippen LogP contribution is -2.47. The van der Waals surface area contributed by atoms with Gasteiger partial charge in [0.25, 0.3) is 0 Å². The largest absolute Gasteiger partial charge is 0.481 e. The number of aliphatic carboxylic acids is 1. The van der Waals surface area contributed by atoms with E-state index in [1.807, 2.05) is 6.92 Å². The summed E-state index contributed by atoms with van der Waals surface area (Å²) < 4.78 is 5.72. The van der Waals surface area contributed by atoms with Crippen LogP contribution in [0.5, 0.6) is 0 Å². The molecule has 17 heavy (non-hydrogen) atoms. The van der Waals surface area contributed by atoms with Crippen LogP contribution in [0, 0.1) is 5.92 Å². The van der Waals surface area contributed by atoms with Gasteiger partial charge in [-0.05, 0) is 26.9 Å². The lowest BCUT2D eigenvalue weighted by molar-refractivity contribution is -0.142. The first kappa shape index (κ1) is 12.8. The third-order valence-corrected chi connectivity index (χ3v) is 3.98. The Balaban J connectivity index is 1.85. The van der Waals surface area contributed by atoms with Crippen LogP contribution in [0.1, 0.15) is 13.3 Å². The van der Waals surface area contributed by atoms with Gasteiger partial charge >= 0.3 is 5.97 Å². The van der Waals surface area contributed by atoms with E-state index in [1.165, 1.54) is 0 Å². The molecule has 0 spiro atoms. The molecule has 0 saturated carbocycles. The van der Waals surface area contributed by atoms with Crippen LogP contribution in [0.15, 0.2) is 0 Å². The highest BCUT2D eigenvalue weighted by atomic mass is 16.5. The second kappa shape index (κ2) is 5.33. The van der Waals surface area contributed by atoms with Gasteiger partial charge in [0.2, 0.25) is 0 Å². The molecule has 2 fully saturated rings. The third-order valence-electron chi connectivity index (χ3n) is 3.98. The number of rotatable bonds is 3. The van der Waals surface area contributed by atoms with E-state index in [4.69, 9.17) is 9.84 Å². The topological polar surface area (TPSA) is 53.0 Å². The number of likely N-dealkylation sites (N-methyl/N-ethyl adjacent to an activating group) is 1. The lowest BCUT2D eigenvalue weighted by atomic mass is 10.0. The van der Waals surface area contributed by atoms with Crippen LogP contribution >= 0.6 is 0 Å². The summed E-state index contributed by atoms with van der Waals surface area (Å²) in [7, 11) is 2.10. The zero-order valence-electron chi connectivity index (χ0n) is 10.6. The molecule has 1 N–H and O–H groups in total. The Hall–Kier alpha value is -0.650. The highest BCUT2D eigenvalue weighted by molar-refractivity contribution is 5.71. The monoisotopic (exact) mass is 242 g/mol. The summed E-state index contributed by atoms with van der Waals surface area (Å²) in [6.07, 6.45) is 0.989. The number of likely N-dealkylation sites (tertiary alicyclic amines) is 1. The van der Waals surface area contributed by atoms with Crippen LogP contribution in [0.25, 0.3) is 0 Å². The molecule has 2 heterocycles. The van der Waals surface area contributed by atoms with Crippen LogP contribution in [0.4, 0.5) is 0 Å². The molecule has 0 aromatic carbocycles. The van der Waals surface area contributed by atoms with Crippen molar-refractivity contribution in [1.82, 2.24) is 9.80 Å². The molecule has 0 aromatic rings. The van der Waals surface area contributed by atoms with Gasteiger partial charge in [-0.3, -0.25) is 9.69 Å². The minimum Gasteiger partial charge on any atom is -0.481 e. The molecule has 5 nitrogen and oxygen atoms in total. The Morgan fingerprint density at radius 2 is 2.24 bits per heavy atom. The molecule has 2 aliphatic rings. The fourth-order valence-corrected chi connectivity index (χ4v) is 2.83. The molecule has 5 heteroatoms. The number of nitrogens with zero attached hydrogens (tertiary/aromatic N) is 2. The van der Waals surface area contributed by atoms with Gasteiger partial charge in [0, 0.05) is 25.7 Å². The predicted molar refractivity (Wildman–Crippen MR) is 64.0 cm³/mol. The molecular formula is C12H22N2O3. The molecule has 0 radical (unpaired) electrons. The zero-order valence-corrected chi connectivity index (χ0v) is 10.6. The van der Waals surface area contributed by atoms with Gasteiger partial charge in [0.15, 0.2) is 0 Å². The van der Waals surface area contributed by atoms with Crippen molar-refractivity contribution in [2.45, 2.75) is 25.5 Å². The molecule has 0 bridgehead atoms. The van der Waals surface area contributed by atoms with Crippen molar-refractivity contribution in [2.75, 3.05) is 39.8 Å². The number of ether oxygens (including phenoxy) is 1. The molecule has 2 rings (SSSR count). The van der Waals surface area contributed by atoms with Gasteiger partial charge < -0.3 is 14.7 Å². The predicted octanol–water partition coefficient (Wildman–Crippen LogP) is 0.112. The van der Waals surface area contributed by atoms with Gasteiger partial charge in [-0.1, -0.05) is 0 Å². The highest BCUT2D eigenvalue weighted by Gasteiger charge is 2.36. The number of carboxylic acids is 1. The van der Waals surface area contributed by atoms with Crippen LogP contribution in [-0.4, -0.2) is 72.9 Å². The van der Waals surface area contributed by atoms with E-state index in [0.29, 0.717) is 0 Å². The maximum absolute atomic E-state index is 11.0. The Kier molecular flexibility index (Phi) is 4.01. The van der Waals surface area contributed by atoms with E-state index in [0.717, 1.165) is 39.2 Å². The smallest absolute Gasteiger partial charge is 0.308 e. The summed E-state index contributed by atoms with van der Waals surface area (Å²) in [6.45, 7) is 6.46. The van der Waals surface area contributed by atoms with Crippen molar-refractivity contribution < 1.29 is 14.6 Å². The van der Waals surface area contributed by atoms with Gasteiger partial charge in [-0.25, -0.2) is 0 Å². The molecule has 3 unspecified atom stereocenters. The minimum atomic E-state index is -0.665. The van der Waals surface area contributed by atoms with Crippen LogP contribution < -0.4 is 0 Å². The van der Waals surface area contributed by atoms with E-state index in [9.17, 15) is 4.79 Å². The highest BCUT2D eigenvalue weighted by Crippen LogP contribution is 2.25. The Bertz CT molecular complexity index is 285. The van der Waals surface area contributed by atoms with Gasteiger partial charge in [-0.15, -0.1) is 0 Å². The van der Waals surface area contributed by atoms with Crippen LogP contribution in [0.2, 0.25) is 0 Å². The number of carboxylic acid groups (broad SMARTS) is 1. The van der Waals surface area contributed by atoms with Gasteiger partial charge in [-0.2, -0.15) is 0 Å². The van der Waals surface area contributed by atoms with Gasteiger partial charge in [0.1, 0.15) is 0 Å². The van der Waals surface area contributed by atoms with Crippen molar-refractivity contribution in [1.29, 1.82) is 0 Å². The SMILES string of the molecule is CC1C(C(=O)O)CCN1CC1CN(C)CCO1. The number of hydrogen-bond acceptors (Lipinski definition) is 4. The molecule has 3 atom stereocenters. The maximum atomic E-state index is 11.0. The van der Waals surface area contributed by atoms with E-state index in [1.54, 1.807) is 0 Å². The maximum Gasteiger partial charge on any atom is 0.308 e. The first-order valence-electron chi connectivity index (χ1n) is 6.35. The standard InChI is InChI=1S/C12H22N2O3/c1-9-11(12(15)16)3-4-14(9)8-10-7-13(2)5-6-17-10/h9-11H,3-8H2,1-2H3,(H,15,16). The van der Waals surface area contributed by atoms with E-state index in [-0.39, 0.29) is 18.1 Å². The van der Waals surface area contributed by atoms with Crippen LogP contribution in [-0.2, 0) is 9.53 Å². The summed E-state index contributed by atoms with van der Waals surface area (Å²) >= 11 is 0. The second-order valence-corrected chi connectivity index (χ2v) is 5.22. The van der Waals surface area contributed by atoms with E-state index < -0.39 is 5.97 Å². The fourth-order valence-electron chi connectivity index (χ4n) is 2.83. The van der Waals surface area contributed by atoms with Gasteiger partial charge in [0.05, 0.1) is 18.6 Å². The van der Waals surface area contributed by atoms with Crippen LogP contribution in [0.3, 0.4) is 0 Å². The average Bonchev–Trinajstić information content (AvgIpc) is 2.61. The summed E-state index contributed by atoms with van der Waals surface area (Å²) in [5, 5.41) is 9.08. The normalized spacial score (nSPS) is 36.2. The van der Waals surface area contributed by atoms with Crippen molar-refractivity contribution >= 4 is 5.97 Å². The first-order chi connectivity index (χ1) is 8.08. The summed E-state index contributed by atoms with van der Waals surface area (Å²) in [4.78, 5) is 15.6. The summed E-state index contributed by atoms with van der Waals surface area (Å²) in [5.41, 5.74) is 0. The molecule has 0 aromatic heterocycles. The summed E-state index contributed by atoms with van der Waals surface area (Å²) in [6, 6.07) is 0.128. The number of carbonyl (C=O) groups is 1. The average molecular weight is 242 g/mol. The van der Waals surface area contributed by atoms with Crippen molar-refractivity contribution in [3.05, 3.63) is 0 Å². The minimum absolute atomic E-state index is 0.128. The van der Waals surface area contributed by atoms with Crippen molar-refractivity contribution in [3.63, 3.8) is 0 Å². The fraction of sp³-hybridized carbons (Fsp3) is 0.917. The first-order valence-corrected chi connectivity index (χ1v) is 6.35. The van der Waals surface area contributed by atoms with Crippen molar-refractivity contribution in [3.8, 4) is 0 Å². The number of hydrogen-bond donors (Lipinski definition) is 1. The van der Waals surface area contributed by atoms with E-state index >= 15 is 0 Å². The molecule has 0 amide bonds. The molecular weight excluding hydrogens is 220 g/mol. The Morgan fingerprint density at radius 1 is 1.47 bits per heavy atom. The lowest BCUT2D eigenvalue weighted by Gasteiger charge is -2.34. The Morgan fingerprint density at radius 3 is 2.82 bits per heavy atom. The number of morpholine rings is 1. The second-order valence-electron chi connectivity index (χ2n) is 5.22. The molecule has 2 aliphatic heterocycles. The van der Waals surface area contributed by atoms with E-state index in [2.05, 4.69) is 16.8 Å². The zero-order chi connectivity index (χ0) is 12.4. The molecule has 2 saturated heterocycles. The molecule has 0 aliphatic carbocycles. The Labute approximate surface area is 102 Å². The quantitative estimate of drug-likeness (QED) is 0.761. The molecule has 98 valence electrons. The third kappa shape index (κ3) is 2.97.